The second-order valence-electron chi connectivity index (χ2n) is 5.75. The summed E-state index contributed by atoms with van der Waals surface area (Å²) in [6.45, 7) is 0. The van der Waals surface area contributed by atoms with Gasteiger partial charge in [-0.1, -0.05) is 45.9 Å². The number of nitrogens with two attached hydrogens (primary N) is 1. The zero-order chi connectivity index (χ0) is 21.5. The van der Waals surface area contributed by atoms with Crippen molar-refractivity contribution in [2.24, 2.45) is 5.10 Å². The molecule has 0 radical (unpaired) electrons. The van der Waals surface area contributed by atoms with E-state index >= 15 is 0 Å². The summed E-state index contributed by atoms with van der Waals surface area (Å²) >= 11 is 4.45. The van der Waals surface area contributed by atoms with E-state index in [1.54, 1.807) is 24.3 Å². The third-order valence-electron chi connectivity index (χ3n) is 3.56. The summed E-state index contributed by atoms with van der Waals surface area (Å²) in [7, 11) is 0. The monoisotopic (exact) mass is 490 g/mol. The Bertz CT molecular complexity index is 1100. The summed E-state index contributed by atoms with van der Waals surface area (Å²) in [6.07, 6.45) is 1.39. The van der Waals surface area contributed by atoms with Gasteiger partial charge in [0.05, 0.1) is 16.9 Å². The Labute approximate surface area is 183 Å². The molecule has 0 saturated carbocycles. The first-order chi connectivity index (χ1) is 14.4. The summed E-state index contributed by atoms with van der Waals surface area (Å²) in [6, 6.07) is 13.2. The lowest BCUT2D eigenvalue weighted by Crippen LogP contribution is -2.16. The van der Waals surface area contributed by atoms with Crippen LogP contribution >= 0.6 is 27.7 Å². The van der Waals surface area contributed by atoms with Gasteiger partial charge >= 0.3 is 0 Å². The molecule has 0 unspecified atom stereocenters. The van der Waals surface area contributed by atoms with E-state index in [0.29, 0.717) is 16.4 Å². The number of nitro benzene ring substituents is 1. The average Bonchev–Trinajstić information content (AvgIpc) is 3.06. The molecule has 0 bridgehead atoms. The van der Waals surface area contributed by atoms with E-state index in [4.69, 9.17) is 5.84 Å². The lowest BCUT2D eigenvalue weighted by atomic mass is 10.2. The summed E-state index contributed by atoms with van der Waals surface area (Å²) in [5.74, 6) is 5.92. The Hall–Kier alpha value is -3.45. The van der Waals surface area contributed by atoms with E-state index in [1.807, 2.05) is 12.1 Å². The van der Waals surface area contributed by atoms with Gasteiger partial charge in [-0.2, -0.15) is 5.10 Å². The van der Waals surface area contributed by atoms with Gasteiger partial charge in [0.25, 0.3) is 11.6 Å². The maximum atomic E-state index is 12.1. The average molecular weight is 491 g/mol. The molecule has 3 aromatic rings. The normalized spacial score (nSPS) is 10.8. The molecule has 0 aliphatic heterocycles. The first-order valence-electron chi connectivity index (χ1n) is 8.34. The molecule has 2 aromatic carbocycles. The molecule has 1 amide bonds. The molecule has 1 aromatic heterocycles. The molecular weight excluding hydrogens is 476 g/mol. The fourth-order valence-electron chi connectivity index (χ4n) is 2.23. The highest BCUT2D eigenvalue weighted by Gasteiger charge is 2.12. The van der Waals surface area contributed by atoms with Crippen molar-refractivity contribution in [3.63, 3.8) is 0 Å². The van der Waals surface area contributed by atoms with Crippen LogP contribution in [0.2, 0.25) is 0 Å². The van der Waals surface area contributed by atoms with Crippen molar-refractivity contribution < 1.29 is 9.72 Å². The van der Waals surface area contributed by atoms with Crippen molar-refractivity contribution in [2.45, 2.75) is 5.16 Å². The quantitative estimate of drug-likeness (QED) is 0.143. The van der Waals surface area contributed by atoms with Gasteiger partial charge < -0.3 is 11.2 Å². The topological polar surface area (TPSA) is 153 Å². The Kier molecular flexibility index (Phi) is 6.98. The first-order valence-corrected chi connectivity index (χ1v) is 10.1. The Morgan fingerprint density at radius 1 is 1.30 bits per heavy atom. The predicted octanol–water partition coefficient (Wildman–Crippen LogP) is 2.84. The maximum absolute atomic E-state index is 12.1. The number of thioether (sulfide) groups is 1. The van der Waals surface area contributed by atoms with Gasteiger partial charge in [0.15, 0.2) is 0 Å². The molecule has 11 nitrogen and oxygen atoms in total. The molecule has 0 saturated heterocycles. The first kappa shape index (κ1) is 21.3. The minimum absolute atomic E-state index is 0.0410. The number of aromatic nitrogens is 3. The summed E-state index contributed by atoms with van der Waals surface area (Å²) in [4.78, 5) is 22.4. The number of hydrogen-bond acceptors (Lipinski definition) is 9. The molecule has 0 aliphatic rings. The van der Waals surface area contributed by atoms with E-state index in [2.05, 4.69) is 42.0 Å². The van der Waals surface area contributed by atoms with Crippen LogP contribution in [-0.2, 0) is 4.79 Å². The van der Waals surface area contributed by atoms with Crippen LogP contribution in [0.15, 0.2) is 63.3 Å². The molecule has 0 fully saturated rings. The Balaban J connectivity index is 1.54. The predicted molar refractivity (Wildman–Crippen MR) is 118 cm³/mol. The number of benzene rings is 2. The van der Waals surface area contributed by atoms with Gasteiger partial charge in [-0.05, 0) is 18.2 Å². The zero-order valence-corrected chi connectivity index (χ0v) is 17.6. The fourth-order valence-corrected chi connectivity index (χ4v) is 3.28. The van der Waals surface area contributed by atoms with Gasteiger partial charge in [0.1, 0.15) is 0 Å². The summed E-state index contributed by atoms with van der Waals surface area (Å²) in [5.41, 5.74) is 3.76. The van der Waals surface area contributed by atoms with Crippen molar-refractivity contribution in [1.82, 2.24) is 14.9 Å². The highest BCUT2D eigenvalue weighted by atomic mass is 79.9. The van der Waals surface area contributed by atoms with Crippen molar-refractivity contribution in [1.29, 1.82) is 0 Å². The standard InChI is InChI=1S/C17H15BrN8O3S/c18-12-4-2-5-13(8-12)21-15(27)10-30-17-24-23-16(25(17)19)22-20-9-11-3-1-6-14(7-11)26(28)29/h1-9H,10,19H2,(H,21,27)(H,22,23)/b20-9+. The van der Waals surface area contributed by atoms with Crippen LogP contribution in [-0.4, -0.2) is 37.7 Å². The van der Waals surface area contributed by atoms with Crippen molar-refractivity contribution in [3.8, 4) is 0 Å². The van der Waals surface area contributed by atoms with Gasteiger partial charge in [-0.3, -0.25) is 14.9 Å². The number of anilines is 2. The fraction of sp³-hybridized carbons (Fsp3) is 0.0588. The lowest BCUT2D eigenvalue weighted by molar-refractivity contribution is -0.384. The number of hydrazone groups is 1. The number of nitrogens with zero attached hydrogens (tertiary/aromatic N) is 5. The second-order valence-corrected chi connectivity index (χ2v) is 7.60. The number of halogens is 1. The Morgan fingerprint density at radius 2 is 2.10 bits per heavy atom. The molecule has 0 atom stereocenters. The molecule has 154 valence electrons. The largest absolute Gasteiger partial charge is 0.334 e. The molecule has 0 spiro atoms. The van der Waals surface area contributed by atoms with Crippen LogP contribution in [0.25, 0.3) is 0 Å². The molecule has 4 N–H and O–H groups in total. The number of non-ortho nitro benzene ring substituents is 1. The molecule has 0 aliphatic carbocycles. The summed E-state index contributed by atoms with van der Waals surface area (Å²) < 4.78 is 2.01. The molecule has 3 rings (SSSR count). The van der Waals surface area contributed by atoms with Gasteiger partial charge in [-0.25, -0.2) is 10.1 Å². The van der Waals surface area contributed by atoms with Crippen molar-refractivity contribution in [3.05, 3.63) is 68.7 Å². The van der Waals surface area contributed by atoms with Gasteiger partial charge in [0, 0.05) is 27.9 Å². The van der Waals surface area contributed by atoms with E-state index < -0.39 is 4.92 Å². The molecular formula is C17H15BrN8O3S. The minimum atomic E-state index is -0.489. The highest BCUT2D eigenvalue weighted by Crippen LogP contribution is 2.19. The third kappa shape index (κ3) is 5.78. The van der Waals surface area contributed by atoms with E-state index in [1.165, 1.54) is 18.3 Å². The second kappa shape index (κ2) is 9.84. The van der Waals surface area contributed by atoms with Crippen LogP contribution in [0.3, 0.4) is 0 Å². The smallest absolute Gasteiger partial charge is 0.270 e. The van der Waals surface area contributed by atoms with Gasteiger partial charge in [-0.15, -0.1) is 10.2 Å². The third-order valence-corrected chi connectivity index (χ3v) is 5.00. The number of rotatable bonds is 8. The minimum Gasteiger partial charge on any atom is -0.334 e. The molecule has 30 heavy (non-hydrogen) atoms. The number of nitrogen functional groups attached to an aromatic ring is 1. The molecule has 1 heterocycles. The van der Waals surface area contributed by atoms with Crippen LogP contribution in [0.1, 0.15) is 5.56 Å². The van der Waals surface area contributed by atoms with Gasteiger partial charge in [0.2, 0.25) is 11.1 Å². The van der Waals surface area contributed by atoms with E-state index in [0.717, 1.165) is 20.9 Å². The van der Waals surface area contributed by atoms with Crippen LogP contribution in [0, 0.1) is 10.1 Å². The Morgan fingerprint density at radius 3 is 2.87 bits per heavy atom. The number of amides is 1. The number of hydrogen-bond donors (Lipinski definition) is 3. The van der Waals surface area contributed by atoms with E-state index in [9.17, 15) is 14.9 Å². The van der Waals surface area contributed by atoms with Crippen LogP contribution in [0.5, 0.6) is 0 Å². The van der Waals surface area contributed by atoms with E-state index in [-0.39, 0.29) is 23.3 Å². The zero-order valence-electron chi connectivity index (χ0n) is 15.2. The van der Waals surface area contributed by atoms with Crippen LogP contribution < -0.4 is 16.6 Å². The van der Waals surface area contributed by atoms with Crippen LogP contribution in [0.4, 0.5) is 17.3 Å². The van der Waals surface area contributed by atoms with Crippen molar-refractivity contribution >= 4 is 57.1 Å². The molecule has 13 heteroatoms. The number of carbonyl (C=O) groups is 1. The number of carbonyl (C=O) groups excluding carboxylic acids is 1. The SMILES string of the molecule is Nn1c(N/N=C/c2cccc([N+](=O)[O-])c2)nnc1SCC(=O)Nc1cccc(Br)c1. The summed E-state index contributed by atoms with van der Waals surface area (Å²) in [5, 5.41) is 25.6. The highest BCUT2D eigenvalue weighted by molar-refractivity contribution is 9.10. The number of nitrogens with one attached hydrogen (secondary N) is 2. The lowest BCUT2D eigenvalue weighted by Gasteiger charge is -2.05. The maximum Gasteiger partial charge on any atom is 0.270 e. The van der Waals surface area contributed by atoms with Crippen molar-refractivity contribution in [2.75, 3.05) is 22.3 Å². The number of nitro groups is 1.